The molecule has 8 heteroatoms. The van der Waals surface area contributed by atoms with Crippen molar-refractivity contribution >= 4 is 52.2 Å². The zero-order valence-electron chi connectivity index (χ0n) is 18.9. The molecular weight excluding hydrogens is 487 g/mol. The molecule has 35 heavy (non-hydrogen) atoms. The predicted octanol–water partition coefficient (Wildman–Crippen LogP) is 5.31. The molecule has 0 bridgehead atoms. The second-order valence-corrected chi connectivity index (χ2v) is 9.76. The van der Waals surface area contributed by atoms with E-state index in [0.717, 1.165) is 0 Å². The summed E-state index contributed by atoms with van der Waals surface area (Å²) in [5.74, 6) is -4.65. The Hall–Kier alpha value is -3.19. The lowest BCUT2D eigenvalue weighted by Crippen LogP contribution is -2.56. The molecule has 1 fully saturated rings. The quantitative estimate of drug-likeness (QED) is 0.405. The molecule has 2 amide bonds. The van der Waals surface area contributed by atoms with Crippen LogP contribution in [0.1, 0.15) is 24.8 Å². The fourth-order valence-electron chi connectivity index (χ4n) is 4.67. The molecule has 180 valence electrons. The van der Waals surface area contributed by atoms with Crippen LogP contribution in [-0.2, 0) is 14.4 Å². The Balaban J connectivity index is 1.73. The highest BCUT2D eigenvalue weighted by Gasteiger charge is 2.55. The molecule has 1 aliphatic carbocycles. The number of hydrogen-bond donors (Lipinski definition) is 3. The molecule has 3 N–H and O–H groups in total. The van der Waals surface area contributed by atoms with Crippen LogP contribution < -0.4 is 10.6 Å². The summed E-state index contributed by atoms with van der Waals surface area (Å²) in [6.45, 7) is 1.46. The summed E-state index contributed by atoms with van der Waals surface area (Å²) < 4.78 is 0. The lowest BCUT2D eigenvalue weighted by molar-refractivity contribution is -0.150. The molecule has 0 saturated heterocycles. The topological polar surface area (TPSA) is 95.5 Å². The first kappa shape index (κ1) is 24.9. The minimum absolute atomic E-state index is 0.340. The maximum Gasteiger partial charge on any atom is 0.235 e. The van der Waals surface area contributed by atoms with Crippen molar-refractivity contribution < 1.29 is 19.5 Å². The zero-order valence-corrected chi connectivity index (χ0v) is 20.4. The SMILES string of the molecule is C[C@]1(O)CC(=O)[C@H](C(=O)Nc2ccc(Cl)cc2)[C@H](c2ccccc2)[C@@H]1C(=O)Nc1ccc(Cl)cc1. The van der Waals surface area contributed by atoms with Gasteiger partial charge in [-0.2, -0.15) is 0 Å². The smallest absolute Gasteiger partial charge is 0.235 e. The number of amides is 2. The summed E-state index contributed by atoms with van der Waals surface area (Å²) in [7, 11) is 0. The fourth-order valence-corrected chi connectivity index (χ4v) is 4.93. The number of rotatable bonds is 5. The predicted molar refractivity (Wildman–Crippen MR) is 137 cm³/mol. The zero-order chi connectivity index (χ0) is 25.2. The first-order valence-corrected chi connectivity index (χ1v) is 11.8. The van der Waals surface area contributed by atoms with Crippen LogP contribution in [0.2, 0.25) is 10.0 Å². The standard InChI is InChI=1S/C27H24Cl2N2O4/c1-27(35)15-21(32)23(25(33)30-19-11-7-17(28)8-12-19)22(16-5-3-2-4-6-16)24(27)26(34)31-20-13-9-18(29)10-14-20/h2-14,22-24,35H,15H2,1H3,(H,30,33)(H,31,34)/t22-,23-,24+,27-/m0/s1. The lowest BCUT2D eigenvalue weighted by Gasteiger charge is -2.44. The monoisotopic (exact) mass is 510 g/mol. The first-order valence-electron chi connectivity index (χ1n) is 11.1. The van der Waals surface area contributed by atoms with Gasteiger partial charge < -0.3 is 15.7 Å². The minimum Gasteiger partial charge on any atom is -0.389 e. The Morgan fingerprint density at radius 1 is 0.829 bits per heavy atom. The summed E-state index contributed by atoms with van der Waals surface area (Å²) >= 11 is 11.9. The van der Waals surface area contributed by atoms with Crippen LogP contribution in [0.4, 0.5) is 11.4 Å². The fraction of sp³-hybridized carbons (Fsp3) is 0.222. The van der Waals surface area contributed by atoms with Crippen molar-refractivity contribution in [3.8, 4) is 0 Å². The average molecular weight is 511 g/mol. The number of benzene rings is 3. The summed E-state index contributed by atoms with van der Waals surface area (Å²) in [5.41, 5.74) is -0.113. The molecule has 1 saturated carbocycles. The molecule has 6 nitrogen and oxygen atoms in total. The van der Waals surface area contributed by atoms with Crippen LogP contribution >= 0.6 is 23.2 Å². The normalized spacial score (nSPS) is 24.0. The van der Waals surface area contributed by atoms with Gasteiger partial charge in [0.2, 0.25) is 11.8 Å². The van der Waals surface area contributed by atoms with Crippen molar-refractivity contribution in [2.75, 3.05) is 10.6 Å². The maximum atomic E-state index is 13.6. The lowest BCUT2D eigenvalue weighted by atomic mass is 9.61. The Morgan fingerprint density at radius 3 is 1.83 bits per heavy atom. The third kappa shape index (κ3) is 5.56. The molecule has 4 rings (SSSR count). The van der Waals surface area contributed by atoms with Gasteiger partial charge in [-0.25, -0.2) is 0 Å². The molecule has 0 aromatic heterocycles. The number of carbonyl (C=O) groups is 3. The number of Topliss-reactive ketones (excluding diaryl/α,β-unsaturated/α-hetero) is 1. The van der Waals surface area contributed by atoms with Gasteiger partial charge in [0.05, 0.1) is 11.5 Å². The molecule has 3 aromatic carbocycles. The van der Waals surface area contributed by atoms with Crippen LogP contribution in [0.15, 0.2) is 78.9 Å². The van der Waals surface area contributed by atoms with Crippen LogP contribution in [0, 0.1) is 11.8 Å². The van der Waals surface area contributed by atoms with E-state index in [4.69, 9.17) is 23.2 Å². The van der Waals surface area contributed by atoms with Gasteiger partial charge in [0.1, 0.15) is 11.7 Å². The minimum atomic E-state index is -1.68. The Kier molecular flexibility index (Phi) is 7.26. The Bertz CT molecular complexity index is 1230. The molecule has 0 unspecified atom stereocenters. The summed E-state index contributed by atoms with van der Waals surface area (Å²) in [6.07, 6.45) is -0.340. The van der Waals surface area contributed by atoms with Crippen molar-refractivity contribution in [3.05, 3.63) is 94.5 Å². The second kappa shape index (κ2) is 10.2. The van der Waals surface area contributed by atoms with Crippen molar-refractivity contribution in [3.63, 3.8) is 0 Å². The van der Waals surface area contributed by atoms with Crippen molar-refractivity contribution in [2.45, 2.75) is 24.9 Å². The van der Waals surface area contributed by atoms with E-state index in [-0.39, 0.29) is 6.42 Å². The Morgan fingerprint density at radius 2 is 1.31 bits per heavy atom. The van der Waals surface area contributed by atoms with Gasteiger partial charge in [0.25, 0.3) is 0 Å². The van der Waals surface area contributed by atoms with Gasteiger partial charge in [0, 0.05) is 33.8 Å². The molecule has 4 atom stereocenters. The average Bonchev–Trinajstić information content (AvgIpc) is 2.81. The van der Waals surface area contributed by atoms with E-state index in [9.17, 15) is 19.5 Å². The third-order valence-corrected chi connectivity index (χ3v) is 6.74. The third-order valence-electron chi connectivity index (χ3n) is 6.24. The molecule has 0 radical (unpaired) electrons. The second-order valence-electron chi connectivity index (χ2n) is 8.88. The van der Waals surface area contributed by atoms with Crippen molar-refractivity contribution in [2.24, 2.45) is 11.8 Å². The summed E-state index contributed by atoms with van der Waals surface area (Å²) in [5, 5.41) is 17.9. The van der Waals surface area contributed by atoms with E-state index < -0.39 is 41.0 Å². The highest BCUT2D eigenvalue weighted by molar-refractivity contribution is 6.31. The number of aliphatic hydroxyl groups is 1. The van der Waals surface area contributed by atoms with E-state index in [1.54, 1.807) is 78.9 Å². The van der Waals surface area contributed by atoms with Gasteiger partial charge >= 0.3 is 0 Å². The Labute approximate surface area is 213 Å². The largest absolute Gasteiger partial charge is 0.389 e. The summed E-state index contributed by atoms with van der Waals surface area (Å²) in [6, 6.07) is 21.9. The molecule has 1 aliphatic rings. The van der Waals surface area contributed by atoms with E-state index in [0.29, 0.717) is 27.0 Å². The number of halogens is 2. The van der Waals surface area contributed by atoms with Gasteiger partial charge in [-0.05, 0) is 61.0 Å². The van der Waals surface area contributed by atoms with E-state index in [1.807, 2.05) is 0 Å². The van der Waals surface area contributed by atoms with Crippen molar-refractivity contribution in [1.29, 1.82) is 0 Å². The van der Waals surface area contributed by atoms with Gasteiger partial charge in [-0.15, -0.1) is 0 Å². The number of ketones is 1. The molecule has 3 aromatic rings. The molecule has 0 spiro atoms. The van der Waals surface area contributed by atoms with E-state index in [1.165, 1.54) is 6.92 Å². The van der Waals surface area contributed by atoms with Gasteiger partial charge in [0.15, 0.2) is 0 Å². The number of nitrogens with one attached hydrogen (secondary N) is 2. The van der Waals surface area contributed by atoms with Crippen LogP contribution in [0.25, 0.3) is 0 Å². The van der Waals surface area contributed by atoms with E-state index >= 15 is 0 Å². The molecule has 0 heterocycles. The highest BCUT2D eigenvalue weighted by atomic mass is 35.5. The highest BCUT2D eigenvalue weighted by Crippen LogP contribution is 2.46. The molecular formula is C27H24Cl2N2O4. The van der Waals surface area contributed by atoms with Crippen molar-refractivity contribution in [1.82, 2.24) is 0 Å². The van der Waals surface area contributed by atoms with Crippen LogP contribution in [-0.4, -0.2) is 28.3 Å². The van der Waals surface area contributed by atoms with E-state index in [2.05, 4.69) is 10.6 Å². The first-order chi connectivity index (χ1) is 16.7. The number of anilines is 2. The van der Waals surface area contributed by atoms with Crippen LogP contribution in [0.3, 0.4) is 0 Å². The number of carbonyl (C=O) groups excluding carboxylic acids is 3. The van der Waals surface area contributed by atoms with Gasteiger partial charge in [-0.1, -0.05) is 53.5 Å². The maximum absolute atomic E-state index is 13.6. The summed E-state index contributed by atoms with van der Waals surface area (Å²) in [4.78, 5) is 40.2. The van der Waals surface area contributed by atoms with Gasteiger partial charge in [-0.3, -0.25) is 14.4 Å². The number of hydrogen-bond acceptors (Lipinski definition) is 4. The molecule has 0 aliphatic heterocycles. The van der Waals surface area contributed by atoms with Crippen LogP contribution in [0.5, 0.6) is 0 Å².